The number of rotatable bonds is 5. The minimum atomic E-state index is -0.381. The van der Waals surface area contributed by atoms with Gasteiger partial charge >= 0.3 is 6.09 Å². The zero-order valence-corrected chi connectivity index (χ0v) is 11.3. The van der Waals surface area contributed by atoms with E-state index in [4.69, 9.17) is 5.26 Å². The molecule has 1 N–H and O–H groups in total. The summed E-state index contributed by atoms with van der Waals surface area (Å²) in [6, 6.07) is 2.28. The lowest BCUT2D eigenvalue weighted by atomic mass is 9.90. The van der Waals surface area contributed by atoms with Crippen molar-refractivity contribution >= 4 is 6.09 Å². The van der Waals surface area contributed by atoms with Crippen molar-refractivity contribution in [2.45, 2.75) is 38.6 Å². The highest BCUT2D eigenvalue weighted by atomic mass is 16.5. The Hall–Kier alpha value is -1.28. The fraction of sp³-hybridized carbons (Fsp3) is 0.846. The van der Waals surface area contributed by atoms with Gasteiger partial charge in [0.2, 0.25) is 0 Å². The van der Waals surface area contributed by atoms with Gasteiger partial charge in [-0.05, 0) is 18.8 Å². The first-order valence-electron chi connectivity index (χ1n) is 6.63. The van der Waals surface area contributed by atoms with Gasteiger partial charge in [0.1, 0.15) is 0 Å². The van der Waals surface area contributed by atoms with Crippen molar-refractivity contribution in [3.05, 3.63) is 0 Å². The van der Waals surface area contributed by atoms with Crippen LogP contribution >= 0.6 is 0 Å². The topological polar surface area (TPSA) is 65.4 Å². The third-order valence-corrected chi connectivity index (χ3v) is 3.38. The first-order valence-corrected chi connectivity index (χ1v) is 6.63. The maximum atomic E-state index is 11.2. The molecule has 0 spiro atoms. The van der Waals surface area contributed by atoms with Crippen molar-refractivity contribution in [3.8, 4) is 6.07 Å². The molecule has 1 fully saturated rings. The molecule has 1 aliphatic rings. The smallest absolute Gasteiger partial charge is 0.407 e. The number of amides is 1. The normalized spacial score (nSPS) is 24.3. The van der Waals surface area contributed by atoms with Gasteiger partial charge in [-0.3, -0.25) is 4.90 Å². The Balaban J connectivity index is 2.50. The predicted molar refractivity (Wildman–Crippen MR) is 69.0 cm³/mol. The Kier molecular flexibility index (Phi) is 6.51. The van der Waals surface area contributed by atoms with Crippen LogP contribution in [-0.2, 0) is 4.74 Å². The van der Waals surface area contributed by atoms with Crippen molar-refractivity contribution in [1.82, 2.24) is 10.2 Å². The third kappa shape index (κ3) is 4.92. The van der Waals surface area contributed by atoms with E-state index in [0.29, 0.717) is 12.5 Å². The van der Waals surface area contributed by atoms with E-state index in [1.165, 1.54) is 20.0 Å². The number of alkyl carbamates (subject to hydrolysis) is 1. The Labute approximate surface area is 109 Å². The SMILES string of the molecule is CCCCC1CC(NC(=O)OC)CN(CC#N)C1. The fourth-order valence-electron chi connectivity index (χ4n) is 2.56. The molecule has 1 rings (SSSR count). The number of hydrogen-bond acceptors (Lipinski definition) is 4. The number of methoxy groups -OCH3 is 1. The van der Waals surface area contributed by atoms with Crippen molar-refractivity contribution < 1.29 is 9.53 Å². The van der Waals surface area contributed by atoms with E-state index in [9.17, 15) is 4.79 Å². The lowest BCUT2D eigenvalue weighted by Crippen LogP contribution is -2.50. The van der Waals surface area contributed by atoms with Gasteiger partial charge in [0.15, 0.2) is 0 Å². The average Bonchev–Trinajstić information content (AvgIpc) is 2.36. The van der Waals surface area contributed by atoms with Crippen LogP contribution in [0.1, 0.15) is 32.6 Å². The van der Waals surface area contributed by atoms with Crippen LogP contribution in [0.3, 0.4) is 0 Å². The maximum absolute atomic E-state index is 11.2. The largest absolute Gasteiger partial charge is 0.453 e. The molecule has 0 aromatic rings. The van der Waals surface area contributed by atoms with E-state index in [2.05, 4.69) is 27.9 Å². The van der Waals surface area contributed by atoms with E-state index < -0.39 is 0 Å². The Morgan fingerprint density at radius 1 is 1.56 bits per heavy atom. The molecule has 1 heterocycles. The maximum Gasteiger partial charge on any atom is 0.407 e. The quantitative estimate of drug-likeness (QED) is 0.758. The number of nitriles is 1. The van der Waals surface area contributed by atoms with Gasteiger partial charge < -0.3 is 10.1 Å². The Bertz CT molecular complexity index is 301. The molecule has 102 valence electrons. The lowest BCUT2D eigenvalue weighted by molar-refractivity contribution is 0.129. The van der Waals surface area contributed by atoms with Crippen LogP contribution in [0.25, 0.3) is 0 Å². The molecular formula is C13H23N3O2. The van der Waals surface area contributed by atoms with Gasteiger partial charge in [0.05, 0.1) is 19.7 Å². The number of unbranched alkanes of at least 4 members (excludes halogenated alkanes) is 1. The third-order valence-electron chi connectivity index (χ3n) is 3.38. The number of likely N-dealkylation sites (tertiary alicyclic amines) is 1. The summed E-state index contributed by atoms with van der Waals surface area (Å²) < 4.78 is 4.63. The molecular weight excluding hydrogens is 230 g/mol. The summed E-state index contributed by atoms with van der Waals surface area (Å²) in [6.07, 6.45) is 4.15. The molecule has 0 saturated carbocycles. The van der Waals surface area contributed by atoms with Gasteiger partial charge in [-0.1, -0.05) is 19.8 Å². The number of hydrogen-bond donors (Lipinski definition) is 1. The molecule has 2 unspecified atom stereocenters. The van der Waals surface area contributed by atoms with Crippen LogP contribution in [0.5, 0.6) is 0 Å². The standard InChI is InChI=1S/C13H23N3O2/c1-3-4-5-11-8-12(15-13(17)18-2)10-16(9-11)7-6-14/h11-12H,3-5,7-10H2,1-2H3,(H,15,17). The molecule has 5 nitrogen and oxygen atoms in total. The molecule has 1 aliphatic heterocycles. The second-order valence-electron chi connectivity index (χ2n) is 4.93. The Morgan fingerprint density at radius 3 is 2.94 bits per heavy atom. The number of nitrogens with zero attached hydrogens (tertiary/aromatic N) is 2. The molecule has 18 heavy (non-hydrogen) atoms. The average molecular weight is 253 g/mol. The van der Waals surface area contributed by atoms with Gasteiger partial charge in [-0.25, -0.2) is 4.79 Å². The highest BCUT2D eigenvalue weighted by Gasteiger charge is 2.27. The monoisotopic (exact) mass is 253 g/mol. The van der Waals surface area contributed by atoms with Crippen LogP contribution in [0.15, 0.2) is 0 Å². The first-order chi connectivity index (χ1) is 8.69. The van der Waals surface area contributed by atoms with Gasteiger partial charge in [0, 0.05) is 19.1 Å². The Morgan fingerprint density at radius 2 is 2.33 bits per heavy atom. The van der Waals surface area contributed by atoms with Crippen molar-refractivity contribution in [2.75, 3.05) is 26.7 Å². The van der Waals surface area contributed by atoms with Crippen LogP contribution < -0.4 is 5.32 Å². The zero-order chi connectivity index (χ0) is 13.4. The molecule has 1 saturated heterocycles. The van der Waals surface area contributed by atoms with E-state index >= 15 is 0 Å². The predicted octanol–water partition coefficient (Wildman–Crippen LogP) is 1.75. The molecule has 5 heteroatoms. The van der Waals surface area contributed by atoms with Crippen molar-refractivity contribution in [2.24, 2.45) is 5.92 Å². The molecule has 0 aromatic carbocycles. The van der Waals surface area contributed by atoms with Crippen molar-refractivity contribution in [3.63, 3.8) is 0 Å². The van der Waals surface area contributed by atoms with Gasteiger partial charge in [-0.2, -0.15) is 5.26 Å². The van der Waals surface area contributed by atoms with E-state index in [1.54, 1.807) is 0 Å². The molecule has 2 atom stereocenters. The van der Waals surface area contributed by atoms with E-state index in [1.807, 2.05) is 0 Å². The second-order valence-corrected chi connectivity index (χ2v) is 4.93. The highest BCUT2D eigenvalue weighted by Crippen LogP contribution is 2.22. The fourth-order valence-corrected chi connectivity index (χ4v) is 2.56. The second kappa shape index (κ2) is 7.93. The summed E-state index contributed by atoms with van der Waals surface area (Å²) in [5.41, 5.74) is 0. The number of carbonyl (C=O) groups excluding carboxylic acids is 1. The van der Waals surface area contributed by atoms with Crippen LogP contribution in [0, 0.1) is 17.2 Å². The summed E-state index contributed by atoms with van der Waals surface area (Å²) in [5, 5.41) is 11.6. The molecule has 1 amide bonds. The highest BCUT2D eigenvalue weighted by molar-refractivity contribution is 5.67. The summed E-state index contributed by atoms with van der Waals surface area (Å²) in [7, 11) is 1.37. The van der Waals surface area contributed by atoms with E-state index in [-0.39, 0.29) is 12.1 Å². The summed E-state index contributed by atoms with van der Waals surface area (Å²) >= 11 is 0. The number of ether oxygens (including phenoxy) is 1. The summed E-state index contributed by atoms with van der Waals surface area (Å²) in [6.45, 7) is 4.32. The zero-order valence-electron chi connectivity index (χ0n) is 11.3. The first kappa shape index (κ1) is 14.8. The summed E-state index contributed by atoms with van der Waals surface area (Å²) in [5.74, 6) is 0.564. The van der Waals surface area contributed by atoms with Crippen LogP contribution in [0.2, 0.25) is 0 Å². The summed E-state index contributed by atoms with van der Waals surface area (Å²) in [4.78, 5) is 13.4. The molecule has 0 aliphatic carbocycles. The minimum Gasteiger partial charge on any atom is -0.453 e. The lowest BCUT2D eigenvalue weighted by Gasteiger charge is -2.36. The molecule has 0 radical (unpaired) electrons. The minimum absolute atomic E-state index is 0.0985. The molecule has 0 aromatic heterocycles. The van der Waals surface area contributed by atoms with Gasteiger partial charge in [0.25, 0.3) is 0 Å². The van der Waals surface area contributed by atoms with Crippen LogP contribution in [0.4, 0.5) is 4.79 Å². The number of nitrogens with one attached hydrogen (secondary N) is 1. The number of piperidine rings is 1. The van der Waals surface area contributed by atoms with E-state index in [0.717, 1.165) is 25.9 Å². The van der Waals surface area contributed by atoms with Crippen molar-refractivity contribution in [1.29, 1.82) is 5.26 Å². The van der Waals surface area contributed by atoms with Gasteiger partial charge in [-0.15, -0.1) is 0 Å². The number of carbonyl (C=O) groups is 1. The molecule has 0 bridgehead atoms. The van der Waals surface area contributed by atoms with Crippen LogP contribution in [-0.4, -0.2) is 43.8 Å².